The first-order valence-electron chi connectivity index (χ1n) is 9.94. The van der Waals surface area contributed by atoms with Gasteiger partial charge in [0.1, 0.15) is 5.69 Å². The fourth-order valence-electron chi connectivity index (χ4n) is 3.31. The van der Waals surface area contributed by atoms with Crippen LogP contribution in [0.15, 0.2) is 48.7 Å². The molecular formula is C22H28N4O2. The van der Waals surface area contributed by atoms with E-state index in [2.05, 4.69) is 36.3 Å². The number of aromatic nitrogens is 1. The number of carbonyl (C=O) groups excluding carboxylic acids is 2. The fraction of sp³-hybridized carbons (Fsp3) is 0.409. The van der Waals surface area contributed by atoms with Crippen LogP contribution in [0.2, 0.25) is 0 Å². The van der Waals surface area contributed by atoms with Gasteiger partial charge in [-0.2, -0.15) is 0 Å². The third-order valence-electron chi connectivity index (χ3n) is 5.30. The van der Waals surface area contributed by atoms with E-state index in [9.17, 15) is 9.59 Å². The highest BCUT2D eigenvalue weighted by Gasteiger charge is 2.23. The topological polar surface area (TPSA) is 65.5 Å². The van der Waals surface area contributed by atoms with Crippen molar-refractivity contribution >= 4 is 17.6 Å². The summed E-state index contributed by atoms with van der Waals surface area (Å²) in [6.45, 7) is 6.64. The normalized spacial score (nSPS) is 15.6. The molecule has 3 rings (SSSR count). The molecule has 1 aliphatic rings. The second kappa shape index (κ2) is 9.35. The average molecular weight is 380 g/mol. The molecule has 6 nitrogen and oxygen atoms in total. The molecule has 0 bridgehead atoms. The summed E-state index contributed by atoms with van der Waals surface area (Å²) in [5, 5.41) is 2.97. The Hall–Kier alpha value is -2.89. The van der Waals surface area contributed by atoms with Gasteiger partial charge in [-0.05, 0) is 48.6 Å². The van der Waals surface area contributed by atoms with Gasteiger partial charge in [0.15, 0.2) is 0 Å². The molecule has 0 saturated carbocycles. The quantitative estimate of drug-likeness (QED) is 0.873. The first-order chi connectivity index (χ1) is 13.6. The molecule has 1 aliphatic heterocycles. The van der Waals surface area contributed by atoms with Crippen molar-refractivity contribution in [2.75, 3.05) is 31.5 Å². The van der Waals surface area contributed by atoms with Gasteiger partial charge in [0.25, 0.3) is 5.91 Å². The molecule has 2 aromatic rings. The van der Waals surface area contributed by atoms with E-state index in [-0.39, 0.29) is 11.9 Å². The first-order valence-corrected chi connectivity index (χ1v) is 9.94. The molecule has 1 aromatic heterocycles. The largest absolute Gasteiger partial charge is 0.335 e. The number of hydrogen-bond acceptors (Lipinski definition) is 3. The Balaban J connectivity index is 1.56. The van der Waals surface area contributed by atoms with Gasteiger partial charge in [-0.25, -0.2) is 4.79 Å². The van der Waals surface area contributed by atoms with Crippen molar-refractivity contribution in [3.63, 3.8) is 0 Å². The van der Waals surface area contributed by atoms with Crippen LogP contribution in [0.3, 0.4) is 0 Å². The van der Waals surface area contributed by atoms with Crippen molar-refractivity contribution in [3.8, 4) is 0 Å². The molecule has 0 aliphatic carbocycles. The standard InChI is InChI=1S/C22H28N4O2/c1-3-17(2)18-8-10-19(11-9-18)24-22(28)26-14-6-13-25(15-16-26)21(27)20-7-4-5-12-23-20/h4-5,7-12,17H,3,6,13-16H2,1-2H3,(H,24,28). The van der Waals surface area contributed by atoms with Gasteiger partial charge >= 0.3 is 6.03 Å². The molecule has 1 N–H and O–H groups in total. The molecule has 0 spiro atoms. The number of urea groups is 1. The van der Waals surface area contributed by atoms with Crippen LogP contribution in [0.25, 0.3) is 0 Å². The second-order valence-corrected chi connectivity index (χ2v) is 7.21. The molecule has 148 valence electrons. The summed E-state index contributed by atoms with van der Waals surface area (Å²) < 4.78 is 0. The third-order valence-corrected chi connectivity index (χ3v) is 5.30. The van der Waals surface area contributed by atoms with Gasteiger partial charge in [-0.1, -0.05) is 32.0 Å². The molecule has 1 atom stereocenters. The summed E-state index contributed by atoms with van der Waals surface area (Å²) in [6.07, 6.45) is 3.46. The number of hydrogen-bond donors (Lipinski definition) is 1. The van der Waals surface area contributed by atoms with E-state index in [4.69, 9.17) is 0 Å². The first kappa shape index (κ1) is 19.9. The number of anilines is 1. The lowest BCUT2D eigenvalue weighted by atomic mass is 9.99. The molecule has 6 heteroatoms. The van der Waals surface area contributed by atoms with Crippen LogP contribution in [-0.2, 0) is 0 Å². The maximum Gasteiger partial charge on any atom is 0.321 e. The van der Waals surface area contributed by atoms with E-state index in [1.807, 2.05) is 18.2 Å². The summed E-state index contributed by atoms with van der Waals surface area (Å²) in [4.78, 5) is 32.9. The van der Waals surface area contributed by atoms with Crippen LogP contribution >= 0.6 is 0 Å². The van der Waals surface area contributed by atoms with Gasteiger partial charge in [0, 0.05) is 38.1 Å². The average Bonchev–Trinajstić information content (AvgIpc) is 3.00. The van der Waals surface area contributed by atoms with Gasteiger partial charge < -0.3 is 15.1 Å². The van der Waals surface area contributed by atoms with Gasteiger partial charge in [-0.15, -0.1) is 0 Å². The maximum atomic E-state index is 12.6. The van der Waals surface area contributed by atoms with Crippen molar-refractivity contribution in [1.29, 1.82) is 0 Å². The molecule has 3 amide bonds. The Bertz CT molecular complexity index is 792. The molecule has 1 saturated heterocycles. The Labute approximate surface area is 166 Å². The number of nitrogens with one attached hydrogen (secondary N) is 1. The highest BCUT2D eigenvalue weighted by atomic mass is 16.2. The highest BCUT2D eigenvalue weighted by molar-refractivity contribution is 5.92. The van der Waals surface area contributed by atoms with Crippen molar-refractivity contribution in [2.24, 2.45) is 0 Å². The number of amides is 3. The molecule has 1 unspecified atom stereocenters. The van der Waals surface area contributed by atoms with Crippen LogP contribution in [0, 0.1) is 0 Å². The summed E-state index contributed by atoms with van der Waals surface area (Å²) in [5.74, 6) is 0.432. The zero-order chi connectivity index (χ0) is 19.9. The number of pyridine rings is 1. The predicted molar refractivity (Wildman–Crippen MR) is 110 cm³/mol. The van der Waals surface area contributed by atoms with Crippen LogP contribution in [0.5, 0.6) is 0 Å². The number of benzene rings is 1. The Kier molecular flexibility index (Phi) is 6.63. The monoisotopic (exact) mass is 380 g/mol. The van der Waals surface area contributed by atoms with E-state index in [1.54, 1.807) is 28.1 Å². The molecule has 2 heterocycles. The lowest BCUT2D eigenvalue weighted by Gasteiger charge is -2.22. The van der Waals surface area contributed by atoms with Crippen LogP contribution in [0.4, 0.5) is 10.5 Å². The number of carbonyl (C=O) groups is 2. The van der Waals surface area contributed by atoms with Crippen LogP contribution in [0.1, 0.15) is 48.7 Å². The highest BCUT2D eigenvalue weighted by Crippen LogP contribution is 2.20. The maximum absolute atomic E-state index is 12.6. The van der Waals surface area contributed by atoms with Crippen LogP contribution < -0.4 is 5.32 Å². The SMILES string of the molecule is CCC(C)c1ccc(NC(=O)N2CCCN(C(=O)c3ccccn3)CC2)cc1. The smallest absolute Gasteiger partial charge is 0.321 e. The minimum absolute atomic E-state index is 0.0801. The Morgan fingerprint density at radius 2 is 1.75 bits per heavy atom. The fourth-order valence-corrected chi connectivity index (χ4v) is 3.31. The molecule has 1 aromatic carbocycles. The van der Waals surface area contributed by atoms with E-state index >= 15 is 0 Å². The van der Waals surface area contributed by atoms with Gasteiger partial charge in [0.05, 0.1) is 0 Å². The zero-order valence-electron chi connectivity index (χ0n) is 16.6. The number of rotatable bonds is 4. The minimum atomic E-state index is -0.122. The van der Waals surface area contributed by atoms with E-state index in [0.717, 1.165) is 18.5 Å². The summed E-state index contributed by atoms with van der Waals surface area (Å²) in [6, 6.07) is 13.2. The summed E-state index contributed by atoms with van der Waals surface area (Å²) in [5.41, 5.74) is 2.52. The predicted octanol–water partition coefficient (Wildman–Crippen LogP) is 3.98. The molecule has 28 heavy (non-hydrogen) atoms. The lowest BCUT2D eigenvalue weighted by Crippen LogP contribution is -2.39. The summed E-state index contributed by atoms with van der Waals surface area (Å²) in [7, 11) is 0. The van der Waals surface area contributed by atoms with Gasteiger partial charge in [-0.3, -0.25) is 9.78 Å². The van der Waals surface area contributed by atoms with Crippen molar-refractivity contribution in [3.05, 3.63) is 59.9 Å². The zero-order valence-corrected chi connectivity index (χ0v) is 16.6. The minimum Gasteiger partial charge on any atom is -0.335 e. The van der Waals surface area contributed by atoms with E-state index in [0.29, 0.717) is 37.8 Å². The van der Waals surface area contributed by atoms with E-state index < -0.39 is 0 Å². The second-order valence-electron chi connectivity index (χ2n) is 7.21. The van der Waals surface area contributed by atoms with Crippen molar-refractivity contribution in [2.45, 2.75) is 32.6 Å². The molecule has 0 radical (unpaired) electrons. The lowest BCUT2D eigenvalue weighted by molar-refractivity contribution is 0.0757. The summed E-state index contributed by atoms with van der Waals surface area (Å²) >= 11 is 0. The Morgan fingerprint density at radius 3 is 2.43 bits per heavy atom. The Morgan fingerprint density at radius 1 is 1.04 bits per heavy atom. The molecule has 1 fully saturated rings. The number of nitrogens with zero attached hydrogens (tertiary/aromatic N) is 3. The van der Waals surface area contributed by atoms with Crippen LogP contribution in [-0.4, -0.2) is 52.9 Å². The van der Waals surface area contributed by atoms with Crippen molar-refractivity contribution in [1.82, 2.24) is 14.8 Å². The van der Waals surface area contributed by atoms with Gasteiger partial charge in [0.2, 0.25) is 0 Å². The third kappa shape index (κ3) is 4.88. The van der Waals surface area contributed by atoms with Crippen molar-refractivity contribution < 1.29 is 9.59 Å². The van der Waals surface area contributed by atoms with E-state index in [1.165, 1.54) is 5.56 Å². The molecular weight excluding hydrogens is 352 g/mol.